The Morgan fingerprint density at radius 1 is 1.20 bits per heavy atom. The van der Waals surface area contributed by atoms with Gasteiger partial charge in [-0.05, 0) is 54.8 Å². The van der Waals surface area contributed by atoms with Crippen LogP contribution >= 0.6 is 0 Å². The molecule has 0 saturated heterocycles. The predicted molar refractivity (Wildman–Crippen MR) is 114 cm³/mol. The number of hydrogen-bond acceptors (Lipinski definition) is 4. The number of aromatic nitrogens is 1. The van der Waals surface area contributed by atoms with Crippen molar-refractivity contribution in [1.82, 2.24) is 10.3 Å². The van der Waals surface area contributed by atoms with Gasteiger partial charge in [-0.3, -0.25) is 9.78 Å². The van der Waals surface area contributed by atoms with Gasteiger partial charge in [0.25, 0.3) is 5.91 Å². The first kappa shape index (κ1) is 21.5. The molecule has 30 heavy (non-hydrogen) atoms. The summed E-state index contributed by atoms with van der Waals surface area (Å²) in [7, 11) is 0. The van der Waals surface area contributed by atoms with E-state index in [0.29, 0.717) is 45.9 Å². The Morgan fingerprint density at radius 2 is 2.03 bits per heavy atom. The Bertz CT molecular complexity index is 1040. The number of halogens is 1. The Kier molecular flexibility index (Phi) is 7.14. The molecule has 0 bridgehead atoms. The number of ether oxygens (including phenoxy) is 1. The molecule has 3 rings (SSSR count). The molecule has 0 aliphatic rings. The fourth-order valence-electron chi connectivity index (χ4n) is 3.04. The van der Waals surface area contributed by atoms with E-state index in [1.165, 1.54) is 6.07 Å². The molecule has 0 atom stereocenters. The van der Waals surface area contributed by atoms with Gasteiger partial charge >= 0.3 is 0 Å². The van der Waals surface area contributed by atoms with Gasteiger partial charge < -0.3 is 15.2 Å². The molecule has 6 heteroatoms. The minimum Gasteiger partial charge on any atom is -0.493 e. The summed E-state index contributed by atoms with van der Waals surface area (Å²) in [6.07, 6.45) is 2.45. The third-order valence-electron chi connectivity index (χ3n) is 4.71. The first-order valence-corrected chi connectivity index (χ1v) is 9.88. The Balaban J connectivity index is 1.89. The monoisotopic (exact) mass is 408 g/mol. The molecule has 156 valence electrons. The van der Waals surface area contributed by atoms with Crippen LogP contribution in [0.3, 0.4) is 0 Å². The Hall–Kier alpha value is -3.25. The van der Waals surface area contributed by atoms with E-state index in [0.717, 1.165) is 6.42 Å². The highest BCUT2D eigenvalue weighted by Gasteiger charge is 2.16. The minimum absolute atomic E-state index is 0.155. The smallest absolute Gasteiger partial charge is 0.255 e. The highest BCUT2D eigenvalue weighted by molar-refractivity contribution is 5.98. The van der Waals surface area contributed by atoms with Gasteiger partial charge in [0.05, 0.1) is 24.5 Å². The SMILES string of the molecule is CCCOc1ccc(-c2ncccc2CO)cc1C(=O)NCc1ccc(C)c(F)c1. The van der Waals surface area contributed by atoms with Gasteiger partial charge in [0.2, 0.25) is 0 Å². The molecule has 1 aromatic heterocycles. The van der Waals surface area contributed by atoms with Crippen LogP contribution in [0.15, 0.2) is 54.7 Å². The number of aryl methyl sites for hydroxylation is 1. The lowest BCUT2D eigenvalue weighted by Gasteiger charge is -2.14. The highest BCUT2D eigenvalue weighted by atomic mass is 19.1. The number of benzene rings is 2. The number of amides is 1. The van der Waals surface area contributed by atoms with Gasteiger partial charge in [0.1, 0.15) is 11.6 Å². The zero-order valence-corrected chi connectivity index (χ0v) is 17.1. The van der Waals surface area contributed by atoms with Gasteiger partial charge in [0, 0.05) is 23.9 Å². The van der Waals surface area contributed by atoms with Crippen molar-refractivity contribution in [2.45, 2.75) is 33.4 Å². The van der Waals surface area contributed by atoms with Crippen molar-refractivity contribution in [3.8, 4) is 17.0 Å². The van der Waals surface area contributed by atoms with Gasteiger partial charge in [-0.15, -0.1) is 0 Å². The van der Waals surface area contributed by atoms with E-state index in [-0.39, 0.29) is 24.9 Å². The minimum atomic E-state index is -0.328. The Labute approximate surface area is 175 Å². The molecule has 0 saturated carbocycles. The normalized spacial score (nSPS) is 10.7. The summed E-state index contributed by atoms with van der Waals surface area (Å²) in [5.41, 5.74) is 3.57. The van der Waals surface area contributed by atoms with Gasteiger partial charge in [0.15, 0.2) is 0 Å². The number of aliphatic hydroxyl groups excluding tert-OH is 1. The molecule has 0 radical (unpaired) electrons. The number of nitrogens with one attached hydrogen (secondary N) is 1. The average Bonchev–Trinajstić information content (AvgIpc) is 2.78. The lowest BCUT2D eigenvalue weighted by Crippen LogP contribution is -2.23. The van der Waals surface area contributed by atoms with Crippen LogP contribution in [-0.2, 0) is 13.2 Å². The summed E-state index contributed by atoms with van der Waals surface area (Å²) in [6.45, 7) is 4.20. The zero-order chi connectivity index (χ0) is 21.5. The van der Waals surface area contributed by atoms with Crippen LogP contribution in [0, 0.1) is 12.7 Å². The van der Waals surface area contributed by atoms with E-state index < -0.39 is 0 Å². The summed E-state index contributed by atoms with van der Waals surface area (Å²) < 4.78 is 19.5. The fraction of sp³-hybridized carbons (Fsp3) is 0.250. The largest absolute Gasteiger partial charge is 0.493 e. The number of rotatable bonds is 8. The molecule has 2 aromatic carbocycles. The molecule has 3 aromatic rings. The number of carbonyl (C=O) groups excluding carboxylic acids is 1. The van der Waals surface area contributed by atoms with Crippen molar-refractivity contribution >= 4 is 5.91 Å². The second-order valence-corrected chi connectivity index (χ2v) is 6.99. The van der Waals surface area contributed by atoms with E-state index >= 15 is 0 Å². The summed E-state index contributed by atoms with van der Waals surface area (Å²) in [5.74, 6) is -0.164. The van der Waals surface area contributed by atoms with Crippen LogP contribution < -0.4 is 10.1 Å². The summed E-state index contributed by atoms with van der Waals surface area (Å²) in [6, 6.07) is 13.7. The molecule has 0 aliphatic carbocycles. The first-order valence-electron chi connectivity index (χ1n) is 9.88. The summed E-state index contributed by atoms with van der Waals surface area (Å²) >= 11 is 0. The molecule has 0 unspecified atom stereocenters. The van der Waals surface area contributed by atoms with E-state index in [2.05, 4.69) is 10.3 Å². The quantitative estimate of drug-likeness (QED) is 0.579. The third-order valence-corrected chi connectivity index (χ3v) is 4.71. The second-order valence-electron chi connectivity index (χ2n) is 6.99. The van der Waals surface area contributed by atoms with Crippen molar-refractivity contribution in [2.24, 2.45) is 0 Å². The van der Waals surface area contributed by atoms with Crippen LogP contribution in [0.25, 0.3) is 11.3 Å². The van der Waals surface area contributed by atoms with Gasteiger partial charge in [-0.25, -0.2) is 4.39 Å². The highest BCUT2D eigenvalue weighted by Crippen LogP contribution is 2.28. The molecule has 0 fully saturated rings. The lowest BCUT2D eigenvalue weighted by atomic mass is 10.0. The molecule has 0 spiro atoms. The molecule has 5 nitrogen and oxygen atoms in total. The van der Waals surface area contributed by atoms with Crippen LogP contribution in [-0.4, -0.2) is 22.6 Å². The maximum atomic E-state index is 13.8. The summed E-state index contributed by atoms with van der Waals surface area (Å²) in [4.78, 5) is 17.3. The third kappa shape index (κ3) is 5.02. The van der Waals surface area contributed by atoms with E-state index in [4.69, 9.17) is 4.74 Å². The van der Waals surface area contributed by atoms with E-state index in [1.54, 1.807) is 49.5 Å². The number of hydrogen-bond donors (Lipinski definition) is 2. The maximum Gasteiger partial charge on any atom is 0.255 e. The van der Waals surface area contributed by atoms with Gasteiger partial charge in [-0.2, -0.15) is 0 Å². The van der Waals surface area contributed by atoms with Crippen molar-refractivity contribution in [3.63, 3.8) is 0 Å². The second kappa shape index (κ2) is 9.98. The topological polar surface area (TPSA) is 71.5 Å². The van der Waals surface area contributed by atoms with Crippen molar-refractivity contribution in [2.75, 3.05) is 6.61 Å². The van der Waals surface area contributed by atoms with Crippen molar-refractivity contribution in [3.05, 3.63) is 82.8 Å². The van der Waals surface area contributed by atoms with E-state index in [9.17, 15) is 14.3 Å². The van der Waals surface area contributed by atoms with Crippen molar-refractivity contribution in [1.29, 1.82) is 0 Å². The molecule has 0 aliphatic heterocycles. The standard InChI is InChI=1S/C24H25FN2O3/c1-3-11-30-22-9-8-18(23-19(15-28)5-4-10-26-23)13-20(22)24(29)27-14-17-7-6-16(2)21(25)12-17/h4-10,12-13,28H,3,11,14-15H2,1-2H3,(H,27,29). The summed E-state index contributed by atoms with van der Waals surface area (Å²) in [5, 5.41) is 12.4. The zero-order valence-electron chi connectivity index (χ0n) is 17.1. The van der Waals surface area contributed by atoms with Gasteiger partial charge in [-0.1, -0.05) is 25.1 Å². The van der Waals surface area contributed by atoms with Crippen LogP contribution in [0.5, 0.6) is 5.75 Å². The lowest BCUT2D eigenvalue weighted by molar-refractivity contribution is 0.0946. The molecule has 1 heterocycles. The molecular formula is C24H25FN2O3. The van der Waals surface area contributed by atoms with Crippen LogP contribution in [0.1, 0.15) is 40.4 Å². The van der Waals surface area contributed by atoms with Crippen LogP contribution in [0.2, 0.25) is 0 Å². The molecular weight excluding hydrogens is 383 g/mol. The average molecular weight is 408 g/mol. The Morgan fingerprint density at radius 3 is 2.77 bits per heavy atom. The number of nitrogens with zero attached hydrogens (tertiary/aromatic N) is 1. The molecule has 2 N–H and O–H groups in total. The number of carbonyl (C=O) groups is 1. The fourth-order valence-corrected chi connectivity index (χ4v) is 3.04. The maximum absolute atomic E-state index is 13.8. The number of pyridine rings is 1. The number of aliphatic hydroxyl groups is 1. The van der Waals surface area contributed by atoms with Crippen LogP contribution in [0.4, 0.5) is 4.39 Å². The first-order chi connectivity index (χ1) is 14.5. The molecule has 1 amide bonds. The van der Waals surface area contributed by atoms with E-state index in [1.807, 2.05) is 13.0 Å². The van der Waals surface area contributed by atoms with Crippen molar-refractivity contribution < 1.29 is 19.0 Å². The predicted octanol–water partition coefficient (Wildman–Crippen LogP) is 4.41.